The Labute approximate surface area is 136 Å². The van der Waals surface area contributed by atoms with Crippen molar-refractivity contribution < 1.29 is 9.53 Å². The Hall–Kier alpha value is -2.29. The molecule has 2 aliphatic rings. The van der Waals surface area contributed by atoms with E-state index in [2.05, 4.69) is 11.4 Å². The first-order valence-corrected chi connectivity index (χ1v) is 8.42. The summed E-state index contributed by atoms with van der Waals surface area (Å²) in [6.45, 7) is 0. The van der Waals surface area contributed by atoms with Gasteiger partial charge in [-0.2, -0.15) is 0 Å². The first-order valence-electron chi connectivity index (χ1n) is 8.42. The zero-order valence-corrected chi connectivity index (χ0v) is 13.1. The van der Waals surface area contributed by atoms with Crippen LogP contribution in [-0.2, 0) is 0 Å². The molecule has 3 nitrogen and oxygen atoms in total. The average Bonchev–Trinajstić information content (AvgIpc) is 3.19. The van der Waals surface area contributed by atoms with Gasteiger partial charge in [0.2, 0.25) is 0 Å². The van der Waals surface area contributed by atoms with E-state index in [-0.39, 0.29) is 0 Å². The van der Waals surface area contributed by atoms with E-state index in [9.17, 15) is 4.79 Å². The Morgan fingerprint density at radius 1 is 1.00 bits per heavy atom. The van der Waals surface area contributed by atoms with Crippen LogP contribution in [-0.4, -0.2) is 6.09 Å². The van der Waals surface area contributed by atoms with Crippen LogP contribution in [0.5, 0.6) is 5.75 Å². The van der Waals surface area contributed by atoms with Crippen molar-refractivity contribution in [1.82, 2.24) is 0 Å². The second kappa shape index (κ2) is 6.07. The minimum atomic E-state index is -0.443. The number of ether oxygens (including phenoxy) is 1. The monoisotopic (exact) mass is 307 g/mol. The molecular formula is C20H21NO2. The molecule has 1 amide bonds. The number of hydrogen-bond donors (Lipinski definition) is 1. The van der Waals surface area contributed by atoms with Crippen LogP contribution in [0.2, 0.25) is 0 Å². The smallest absolute Gasteiger partial charge is 0.410 e. The van der Waals surface area contributed by atoms with Gasteiger partial charge in [0, 0.05) is 5.69 Å². The summed E-state index contributed by atoms with van der Waals surface area (Å²) >= 11 is 0. The SMILES string of the molecule is O=C(Nc1ccccc1)Oc1cccc([C@H]2C[C@H]3CC[C@H]2C3)c1. The second-order valence-corrected chi connectivity index (χ2v) is 6.73. The Morgan fingerprint density at radius 3 is 2.61 bits per heavy atom. The van der Waals surface area contributed by atoms with Gasteiger partial charge in [-0.1, -0.05) is 36.8 Å². The van der Waals surface area contributed by atoms with Crippen molar-refractivity contribution in [3.63, 3.8) is 0 Å². The number of hydrogen-bond acceptors (Lipinski definition) is 2. The van der Waals surface area contributed by atoms with Crippen molar-refractivity contribution in [2.45, 2.75) is 31.6 Å². The van der Waals surface area contributed by atoms with Gasteiger partial charge in [0.25, 0.3) is 0 Å². The minimum Gasteiger partial charge on any atom is -0.410 e. The number of fused-ring (bicyclic) bond motifs is 2. The molecule has 23 heavy (non-hydrogen) atoms. The van der Waals surface area contributed by atoms with Gasteiger partial charge in [0.15, 0.2) is 0 Å². The van der Waals surface area contributed by atoms with Crippen molar-refractivity contribution in [3.05, 3.63) is 60.2 Å². The van der Waals surface area contributed by atoms with E-state index >= 15 is 0 Å². The normalized spacial score (nSPS) is 25.3. The van der Waals surface area contributed by atoms with Crippen molar-refractivity contribution in [2.24, 2.45) is 11.8 Å². The molecule has 118 valence electrons. The lowest BCUT2D eigenvalue weighted by Gasteiger charge is -2.22. The predicted molar refractivity (Wildman–Crippen MR) is 90.7 cm³/mol. The predicted octanol–water partition coefficient (Wildman–Crippen LogP) is 5.20. The van der Waals surface area contributed by atoms with Gasteiger partial charge in [0.05, 0.1) is 0 Å². The molecule has 4 rings (SSSR count). The number of rotatable bonds is 3. The summed E-state index contributed by atoms with van der Waals surface area (Å²) in [5, 5.41) is 2.75. The zero-order valence-electron chi connectivity index (χ0n) is 13.1. The topological polar surface area (TPSA) is 38.3 Å². The Morgan fingerprint density at radius 2 is 1.87 bits per heavy atom. The van der Waals surface area contributed by atoms with Gasteiger partial charge in [-0.25, -0.2) is 4.79 Å². The summed E-state index contributed by atoms with van der Waals surface area (Å²) in [6.07, 6.45) is 4.99. The highest BCUT2D eigenvalue weighted by molar-refractivity contribution is 5.86. The molecule has 2 fully saturated rings. The lowest BCUT2D eigenvalue weighted by atomic mass is 9.83. The molecule has 0 saturated heterocycles. The average molecular weight is 307 g/mol. The lowest BCUT2D eigenvalue weighted by Crippen LogP contribution is -2.17. The van der Waals surface area contributed by atoms with Crippen LogP contribution in [0.3, 0.4) is 0 Å². The third kappa shape index (κ3) is 3.09. The standard InChI is InChI=1S/C20H21NO2/c22-20(21-17-6-2-1-3-7-17)23-18-8-4-5-15(13-18)19-12-14-9-10-16(19)11-14/h1-8,13-14,16,19H,9-12H2,(H,21,22)/t14-,16-,19+/m0/s1. The maximum absolute atomic E-state index is 12.0. The van der Waals surface area contributed by atoms with Gasteiger partial charge in [-0.15, -0.1) is 0 Å². The summed E-state index contributed by atoms with van der Waals surface area (Å²) in [4.78, 5) is 12.0. The molecule has 2 saturated carbocycles. The van der Waals surface area contributed by atoms with Crippen LogP contribution in [0, 0.1) is 11.8 Å². The van der Waals surface area contributed by atoms with Crippen LogP contribution in [0.15, 0.2) is 54.6 Å². The number of amides is 1. The largest absolute Gasteiger partial charge is 0.417 e. The van der Waals surface area contributed by atoms with Crippen LogP contribution in [0.4, 0.5) is 10.5 Å². The molecule has 0 aliphatic heterocycles. The van der Waals surface area contributed by atoms with Gasteiger partial charge >= 0.3 is 6.09 Å². The molecule has 2 aromatic rings. The van der Waals surface area contributed by atoms with E-state index in [1.165, 1.54) is 31.2 Å². The first kappa shape index (κ1) is 14.3. The molecule has 2 bridgehead atoms. The van der Waals surface area contributed by atoms with Crippen LogP contribution < -0.4 is 10.1 Å². The van der Waals surface area contributed by atoms with E-state index in [0.717, 1.165) is 17.5 Å². The van der Waals surface area contributed by atoms with E-state index in [1.54, 1.807) is 0 Å². The number of nitrogens with one attached hydrogen (secondary N) is 1. The number of para-hydroxylation sites is 1. The van der Waals surface area contributed by atoms with Crippen LogP contribution in [0.1, 0.15) is 37.2 Å². The number of anilines is 1. The summed E-state index contributed by atoms with van der Waals surface area (Å²) in [7, 11) is 0. The third-order valence-corrected chi connectivity index (χ3v) is 5.26. The maximum Gasteiger partial charge on any atom is 0.417 e. The zero-order chi connectivity index (χ0) is 15.6. The van der Waals surface area contributed by atoms with E-state index in [0.29, 0.717) is 11.7 Å². The Balaban J connectivity index is 1.43. The van der Waals surface area contributed by atoms with Crippen molar-refractivity contribution in [1.29, 1.82) is 0 Å². The molecule has 0 aromatic heterocycles. The molecule has 0 heterocycles. The van der Waals surface area contributed by atoms with Gasteiger partial charge in [0.1, 0.15) is 5.75 Å². The summed E-state index contributed by atoms with van der Waals surface area (Å²) in [5.41, 5.74) is 2.06. The fourth-order valence-electron chi connectivity index (χ4n) is 4.23. The van der Waals surface area contributed by atoms with Crippen molar-refractivity contribution >= 4 is 11.8 Å². The first-order chi connectivity index (χ1) is 11.3. The molecule has 2 aromatic carbocycles. The molecule has 0 spiro atoms. The van der Waals surface area contributed by atoms with Gasteiger partial charge in [-0.05, 0) is 66.8 Å². The number of carbonyl (C=O) groups is 1. The highest BCUT2D eigenvalue weighted by atomic mass is 16.6. The summed E-state index contributed by atoms with van der Waals surface area (Å²) in [5.74, 6) is 3.01. The van der Waals surface area contributed by atoms with E-state index in [4.69, 9.17) is 4.74 Å². The molecule has 0 unspecified atom stereocenters. The van der Waals surface area contributed by atoms with Crippen molar-refractivity contribution in [2.75, 3.05) is 5.32 Å². The molecule has 2 aliphatic carbocycles. The van der Waals surface area contributed by atoms with Crippen LogP contribution in [0.25, 0.3) is 0 Å². The fraction of sp³-hybridized carbons (Fsp3) is 0.350. The molecule has 1 N–H and O–H groups in total. The quantitative estimate of drug-likeness (QED) is 0.846. The van der Waals surface area contributed by atoms with Crippen LogP contribution >= 0.6 is 0 Å². The highest BCUT2D eigenvalue weighted by Gasteiger charge is 2.40. The Bertz CT molecular complexity index is 698. The molecule has 3 heteroatoms. The molecule has 3 atom stereocenters. The summed E-state index contributed by atoms with van der Waals surface area (Å²) < 4.78 is 5.45. The van der Waals surface area contributed by atoms with E-state index < -0.39 is 6.09 Å². The summed E-state index contributed by atoms with van der Waals surface area (Å²) in [6, 6.07) is 17.4. The van der Waals surface area contributed by atoms with Gasteiger partial charge < -0.3 is 4.74 Å². The van der Waals surface area contributed by atoms with E-state index in [1.807, 2.05) is 48.5 Å². The highest BCUT2D eigenvalue weighted by Crippen LogP contribution is 2.53. The second-order valence-electron chi connectivity index (χ2n) is 6.73. The molecular weight excluding hydrogens is 286 g/mol. The number of carbonyl (C=O) groups excluding carboxylic acids is 1. The fourth-order valence-corrected chi connectivity index (χ4v) is 4.23. The third-order valence-electron chi connectivity index (χ3n) is 5.26. The number of benzene rings is 2. The minimum absolute atomic E-state index is 0.443. The lowest BCUT2D eigenvalue weighted by molar-refractivity contribution is 0.215. The molecule has 0 radical (unpaired) electrons. The maximum atomic E-state index is 12.0. The van der Waals surface area contributed by atoms with Crippen molar-refractivity contribution in [3.8, 4) is 5.75 Å². The van der Waals surface area contributed by atoms with Gasteiger partial charge in [-0.3, -0.25) is 5.32 Å². The Kier molecular flexibility index (Phi) is 3.78.